The van der Waals surface area contributed by atoms with Crippen molar-refractivity contribution in [2.24, 2.45) is 16.8 Å². The first-order valence-corrected chi connectivity index (χ1v) is 9.50. The van der Waals surface area contributed by atoms with Crippen molar-refractivity contribution < 1.29 is 0 Å². The van der Waals surface area contributed by atoms with Crippen LogP contribution in [0, 0.1) is 11.8 Å². The number of nitrogens with zero attached hydrogens (tertiary/aromatic N) is 3. The topological polar surface area (TPSA) is 30.9 Å². The van der Waals surface area contributed by atoms with Gasteiger partial charge in [0, 0.05) is 33.2 Å². The number of hydrogen-bond donors (Lipinski definition) is 1. The average molecular weight is 456 g/mol. The Kier molecular flexibility index (Phi) is 8.49. The zero-order chi connectivity index (χ0) is 16.8. The van der Waals surface area contributed by atoms with Crippen molar-refractivity contribution in [2.45, 2.75) is 26.2 Å². The van der Waals surface area contributed by atoms with Crippen LogP contribution in [0.15, 0.2) is 35.3 Å². The summed E-state index contributed by atoms with van der Waals surface area (Å²) in [6.45, 7) is 9.23. The third-order valence-electron chi connectivity index (χ3n) is 5.53. The van der Waals surface area contributed by atoms with Crippen LogP contribution in [0.3, 0.4) is 0 Å². The lowest BCUT2D eigenvalue weighted by molar-refractivity contribution is 0.340. The highest BCUT2D eigenvalue weighted by molar-refractivity contribution is 14.0. The molecule has 4 nitrogen and oxygen atoms in total. The fourth-order valence-corrected chi connectivity index (χ4v) is 4.07. The third-order valence-corrected chi connectivity index (χ3v) is 5.53. The molecule has 2 unspecified atom stereocenters. The van der Waals surface area contributed by atoms with Gasteiger partial charge in [-0.05, 0) is 49.8 Å². The van der Waals surface area contributed by atoms with Crippen LogP contribution >= 0.6 is 24.0 Å². The maximum absolute atomic E-state index is 4.53. The van der Waals surface area contributed by atoms with Gasteiger partial charge in [0.25, 0.3) is 0 Å². The molecule has 140 valence electrons. The highest BCUT2D eigenvalue weighted by Crippen LogP contribution is 2.21. The molecule has 0 saturated carbocycles. The molecule has 5 heteroatoms. The summed E-state index contributed by atoms with van der Waals surface area (Å²) in [5, 5.41) is 3.63. The van der Waals surface area contributed by atoms with Gasteiger partial charge in [0.15, 0.2) is 5.96 Å². The minimum absolute atomic E-state index is 0. The summed E-state index contributed by atoms with van der Waals surface area (Å²) < 4.78 is 0. The molecule has 0 bridgehead atoms. The number of nitrogens with one attached hydrogen (secondary N) is 1. The molecule has 0 radical (unpaired) electrons. The molecular formula is C20H33IN4. The van der Waals surface area contributed by atoms with Crippen LogP contribution in [0.1, 0.15) is 25.3 Å². The number of benzene rings is 1. The van der Waals surface area contributed by atoms with Crippen molar-refractivity contribution in [3.63, 3.8) is 0 Å². The molecular weight excluding hydrogens is 423 g/mol. The van der Waals surface area contributed by atoms with Crippen molar-refractivity contribution in [3.8, 4) is 0 Å². The predicted molar refractivity (Wildman–Crippen MR) is 117 cm³/mol. The molecule has 0 aromatic heterocycles. The smallest absolute Gasteiger partial charge is 0.193 e. The van der Waals surface area contributed by atoms with Gasteiger partial charge in [0.05, 0.1) is 0 Å². The zero-order valence-electron chi connectivity index (χ0n) is 15.7. The van der Waals surface area contributed by atoms with Crippen LogP contribution in [0.2, 0.25) is 0 Å². The molecule has 0 spiro atoms. The van der Waals surface area contributed by atoms with Crippen LogP contribution < -0.4 is 5.32 Å². The van der Waals surface area contributed by atoms with E-state index in [1.807, 2.05) is 7.05 Å². The van der Waals surface area contributed by atoms with E-state index in [0.717, 1.165) is 37.4 Å². The van der Waals surface area contributed by atoms with Crippen LogP contribution in [0.25, 0.3) is 0 Å². The van der Waals surface area contributed by atoms with E-state index in [0.29, 0.717) is 0 Å². The molecule has 2 heterocycles. The molecule has 2 aliphatic heterocycles. The van der Waals surface area contributed by atoms with Crippen LogP contribution in [-0.4, -0.2) is 62.1 Å². The van der Waals surface area contributed by atoms with Gasteiger partial charge in [-0.1, -0.05) is 37.3 Å². The Balaban J connectivity index is 0.00000225. The lowest BCUT2D eigenvalue weighted by Crippen LogP contribution is -2.42. The van der Waals surface area contributed by atoms with Gasteiger partial charge in [-0.2, -0.15) is 0 Å². The van der Waals surface area contributed by atoms with Gasteiger partial charge in [-0.3, -0.25) is 4.99 Å². The molecule has 2 atom stereocenters. The number of rotatable bonds is 5. The van der Waals surface area contributed by atoms with E-state index in [4.69, 9.17) is 0 Å². The highest BCUT2D eigenvalue weighted by Gasteiger charge is 2.26. The predicted octanol–water partition coefficient (Wildman–Crippen LogP) is 3.09. The lowest BCUT2D eigenvalue weighted by Gasteiger charge is -2.23. The molecule has 3 rings (SSSR count). The van der Waals surface area contributed by atoms with E-state index < -0.39 is 0 Å². The van der Waals surface area contributed by atoms with E-state index in [1.54, 1.807) is 0 Å². The first-order valence-electron chi connectivity index (χ1n) is 9.50. The Morgan fingerprint density at radius 2 is 1.88 bits per heavy atom. The third kappa shape index (κ3) is 5.84. The zero-order valence-corrected chi connectivity index (χ0v) is 18.0. The number of aliphatic imine (C=N–C) groups is 1. The number of hydrogen-bond acceptors (Lipinski definition) is 2. The normalized spacial score (nSPS) is 24.4. The minimum atomic E-state index is 0. The summed E-state index contributed by atoms with van der Waals surface area (Å²) in [7, 11) is 1.92. The molecule has 0 aliphatic carbocycles. The maximum Gasteiger partial charge on any atom is 0.193 e. The summed E-state index contributed by atoms with van der Waals surface area (Å²) in [5.74, 6) is 2.61. The van der Waals surface area contributed by atoms with Crippen molar-refractivity contribution in [2.75, 3.05) is 46.3 Å². The summed E-state index contributed by atoms with van der Waals surface area (Å²) in [6, 6.07) is 10.9. The standard InChI is InChI=1S/C20H32N4.HI/c1-3-23-11-9-19(15-23)14-22-20(21-2)24-12-10-18(16-24)13-17-7-5-4-6-8-17;/h4-8,18-19H,3,9-16H2,1-2H3,(H,21,22);1H. The minimum Gasteiger partial charge on any atom is -0.356 e. The van der Waals surface area contributed by atoms with Gasteiger partial charge in [0.2, 0.25) is 0 Å². The highest BCUT2D eigenvalue weighted by atomic mass is 127. The fourth-order valence-electron chi connectivity index (χ4n) is 4.07. The fraction of sp³-hybridized carbons (Fsp3) is 0.650. The molecule has 2 fully saturated rings. The summed E-state index contributed by atoms with van der Waals surface area (Å²) >= 11 is 0. The molecule has 2 saturated heterocycles. The van der Waals surface area contributed by atoms with E-state index in [1.165, 1.54) is 44.5 Å². The van der Waals surface area contributed by atoms with E-state index in [-0.39, 0.29) is 24.0 Å². The largest absolute Gasteiger partial charge is 0.356 e. The molecule has 1 N–H and O–H groups in total. The Hall–Kier alpha value is -0.820. The lowest BCUT2D eigenvalue weighted by atomic mass is 9.99. The quantitative estimate of drug-likeness (QED) is 0.420. The number of halogens is 1. The Labute approximate surface area is 170 Å². The van der Waals surface area contributed by atoms with Crippen molar-refractivity contribution in [3.05, 3.63) is 35.9 Å². The number of likely N-dealkylation sites (tertiary alicyclic amines) is 2. The molecule has 0 amide bonds. The maximum atomic E-state index is 4.53. The molecule has 2 aliphatic rings. The van der Waals surface area contributed by atoms with Gasteiger partial charge in [-0.25, -0.2) is 0 Å². The Bertz CT molecular complexity index is 534. The molecule has 1 aromatic rings. The summed E-state index contributed by atoms with van der Waals surface area (Å²) in [6.07, 6.45) is 3.76. The molecule has 1 aromatic carbocycles. The Morgan fingerprint density at radius 1 is 1.12 bits per heavy atom. The van der Waals surface area contributed by atoms with Crippen molar-refractivity contribution in [1.82, 2.24) is 15.1 Å². The van der Waals surface area contributed by atoms with Crippen LogP contribution in [-0.2, 0) is 6.42 Å². The second-order valence-corrected chi connectivity index (χ2v) is 7.27. The monoisotopic (exact) mass is 456 g/mol. The first-order chi connectivity index (χ1) is 11.8. The van der Waals surface area contributed by atoms with Gasteiger partial charge in [0.1, 0.15) is 0 Å². The van der Waals surface area contributed by atoms with Crippen LogP contribution in [0.5, 0.6) is 0 Å². The molecule has 25 heavy (non-hydrogen) atoms. The van der Waals surface area contributed by atoms with Crippen molar-refractivity contribution in [1.29, 1.82) is 0 Å². The number of guanidine groups is 1. The van der Waals surface area contributed by atoms with Gasteiger partial charge in [-0.15, -0.1) is 24.0 Å². The van der Waals surface area contributed by atoms with E-state index in [9.17, 15) is 0 Å². The Morgan fingerprint density at radius 3 is 2.56 bits per heavy atom. The first kappa shape index (κ1) is 20.5. The second kappa shape index (κ2) is 10.4. The van der Waals surface area contributed by atoms with E-state index >= 15 is 0 Å². The van der Waals surface area contributed by atoms with E-state index in [2.05, 4.69) is 57.4 Å². The second-order valence-electron chi connectivity index (χ2n) is 7.27. The summed E-state index contributed by atoms with van der Waals surface area (Å²) in [5.41, 5.74) is 1.46. The van der Waals surface area contributed by atoms with Crippen molar-refractivity contribution >= 4 is 29.9 Å². The summed E-state index contributed by atoms with van der Waals surface area (Å²) in [4.78, 5) is 9.52. The SMILES string of the molecule is CCN1CCC(CNC(=NC)N2CCC(Cc3ccccc3)C2)C1.I. The van der Waals surface area contributed by atoms with Crippen LogP contribution in [0.4, 0.5) is 0 Å². The van der Waals surface area contributed by atoms with Gasteiger partial charge < -0.3 is 15.1 Å². The van der Waals surface area contributed by atoms with Gasteiger partial charge >= 0.3 is 0 Å². The average Bonchev–Trinajstić information content (AvgIpc) is 3.26.